The topological polar surface area (TPSA) is 158 Å². The van der Waals surface area contributed by atoms with E-state index in [1.54, 1.807) is 0 Å². The van der Waals surface area contributed by atoms with Crippen molar-refractivity contribution >= 4 is 11.7 Å². The van der Waals surface area contributed by atoms with Crippen LogP contribution in [0.4, 0.5) is 36.8 Å². The molecule has 0 aliphatic carbocycles. The van der Waals surface area contributed by atoms with Crippen molar-refractivity contribution in [3.05, 3.63) is 46.5 Å². The van der Waals surface area contributed by atoms with E-state index < -0.39 is 55.0 Å². The number of halogens is 6. The van der Waals surface area contributed by atoms with Crippen LogP contribution in [0.1, 0.15) is 28.3 Å². The zero-order chi connectivity index (χ0) is 28.3. The van der Waals surface area contributed by atoms with E-state index in [2.05, 4.69) is 36.0 Å². The molecule has 0 unspecified atom stereocenters. The summed E-state index contributed by atoms with van der Waals surface area (Å²) in [5.41, 5.74) is -2.60. The molecule has 206 valence electrons. The van der Waals surface area contributed by atoms with Gasteiger partial charge in [0.15, 0.2) is 11.4 Å². The van der Waals surface area contributed by atoms with Crippen molar-refractivity contribution in [1.29, 1.82) is 0 Å². The van der Waals surface area contributed by atoms with Gasteiger partial charge in [0.05, 0.1) is 30.1 Å². The third-order valence-corrected chi connectivity index (χ3v) is 4.90. The molecule has 0 bridgehead atoms. The number of H-pyrrole nitrogens is 1. The number of aromatic amines is 1. The highest BCUT2D eigenvalue weighted by Crippen LogP contribution is 2.37. The first-order chi connectivity index (χ1) is 17.7. The lowest BCUT2D eigenvalue weighted by Gasteiger charge is -2.14. The summed E-state index contributed by atoms with van der Waals surface area (Å²) in [5, 5.41) is 35.9. The Labute approximate surface area is 210 Å². The predicted molar refractivity (Wildman–Crippen MR) is 118 cm³/mol. The van der Waals surface area contributed by atoms with Crippen molar-refractivity contribution in [2.75, 3.05) is 18.5 Å². The number of aryl methyl sites for hydroxylation is 2. The number of pyridine rings is 1. The molecule has 0 radical (unpaired) electrons. The molecule has 38 heavy (non-hydrogen) atoms. The van der Waals surface area contributed by atoms with Crippen molar-refractivity contribution in [3.8, 4) is 17.1 Å². The second kappa shape index (κ2) is 11.2. The van der Waals surface area contributed by atoms with E-state index >= 15 is 0 Å². The number of amides is 2. The molecule has 0 saturated heterocycles. The van der Waals surface area contributed by atoms with Crippen molar-refractivity contribution in [2.45, 2.75) is 38.8 Å². The first-order valence-corrected chi connectivity index (χ1v) is 10.7. The first kappa shape index (κ1) is 28.6. The monoisotopic (exact) mass is 549 g/mol. The molecule has 0 saturated carbocycles. The predicted octanol–water partition coefficient (Wildman–Crippen LogP) is 2.97. The minimum absolute atomic E-state index is 0.0629. The van der Waals surface area contributed by atoms with Crippen LogP contribution in [0, 0.1) is 13.8 Å². The van der Waals surface area contributed by atoms with Crippen molar-refractivity contribution in [2.24, 2.45) is 0 Å². The number of carbonyl (C=O) groups excluding carboxylic acids is 1. The van der Waals surface area contributed by atoms with E-state index in [0.29, 0.717) is 11.6 Å². The summed E-state index contributed by atoms with van der Waals surface area (Å²) in [7, 11) is 0. The fraction of sp³-hybridized carbons (Fsp3) is 0.381. The number of rotatable bonds is 8. The number of hydrogen-bond donors (Lipinski definition) is 5. The molecule has 0 spiro atoms. The van der Waals surface area contributed by atoms with Crippen LogP contribution in [0.2, 0.25) is 0 Å². The minimum Gasteiger partial charge on any atom is -0.475 e. The SMILES string of the molecule is Cc1cc(CNC(=O)Nc2cc(OC[C@@H](O)CO)nc(C(F)(F)F)c2)nnc1-c1c(C(F)(F)F)n[nH]c1C. The van der Waals surface area contributed by atoms with Crippen LogP contribution in [0.15, 0.2) is 18.2 Å². The Balaban J connectivity index is 1.72. The molecular weight excluding hydrogens is 528 g/mol. The summed E-state index contributed by atoms with van der Waals surface area (Å²) in [6, 6.07) is 1.98. The van der Waals surface area contributed by atoms with Crippen molar-refractivity contribution < 1.29 is 46.1 Å². The third-order valence-electron chi connectivity index (χ3n) is 4.90. The molecule has 1 atom stereocenters. The Morgan fingerprint density at radius 1 is 1.11 bits per heavy atom. The maximum Gasteiger partial charge on any atom is 0.435 e. The highest BCUT2D eigenvalue weighted by molar-refractivity contribution is 5.89. The van der Waals surface area contributed by atoms with Crippen LogP contribution in [0.3, 0.4) is 0 Å². The highest BCUT2D eigenvalue weighted by atomic mass is 19.4. The smallest absolute Gasteiger partial charge is 0.435 e. The van der Waals surface area contributed by atoms with E-state index in [1.807, 2.05) is 0 Å². The molecule has 0 aromatic carbocycles. The van der Waals surface area contributed by atoms with Crippen molar-refractivity contribution in [1.82, 2.24) is 30.7 Å². The number of urea groups is 1. The fourth-order valence-electron chi connectivity index (χ4n) is 3.17. The minimum atomic E-state index is -4.88. The van der Waals surface area contributed by atoms with Crippen LogP contribution in [0.25, 0.3) is 11.3 Å². The lowest BCUT2D eigenvalue weighted by molar-refractivity contribution is -0.141. The van der Waals surface area contributed by atoms with Crippen molar-refractivity contribution in [3.63, 3.8) is 0 Å². The first-order valence-electron chi connectivity index (χ1n) is 10.7. The Morgan fingerprint density at radius 2 is 1.82 bits per heavy atom. The Morgan fingerprint density at radius 3 is 2.42 bits per heavy atom. The standard InChI is InChI=1S/C21H21F6N7O4/c1-9-3-12(32-33-17(9)16-10(2)31-34-18(16)21(25,26)27)6-28-19(37)29-11-4-14(20(22,23)24)30-15(5-11)38-8-13(36)7-35/h3-5,13,35-36H,6-8H2,1-2H3,(H,31,34)(H2,28,29,30,37)/t13-/m0/s1. The summed E-state index contributed by atoms with van der Waals surface area (Å²) >= 11 is 0. The summed E-state index contributed by atoms with van der Waals surface area (Å²) in [5.74, 6) is -0.563. The summed E-state index contributed by atoms with van der Waals surface area (Å²) in [4.78, 5) is 15.6. The molecular formula is C21H21F6N7O4. The number of aliphatic hydroxyl groups excluding tert-OH is 2. The molecule has 0 aliphatic heterocycles. The summed E-state index contributed by atoms with van der Waals surface area (Å²) < 4.78 is 84.3. The average Bonchev–Trinajstić information content (AvgIpc) is 3.22. The van der Waals surface area contributed by atoms with Crippen LogP contribution < -0.4 is 15.4 Å². The highest BCUT2D eigenvalue weighted by Gasteiger charge is 2.39. The molecule has 3 heterocycles. The van der Waals surface area contributed by atoms with Gasteiger partial charge in [-0.2, -0.15) is 36.5 Å². The van der Waals surface area contributed by atoms with Gasteiger partial charge in [-0.1, -0.05) is 0 Å². The van der Waals surface area contributed by atoms with Crippen LogP contribution in [-0.2, 0) is 18.9 Å². The molecule has 3 rings (SSSR count). The summed E-state index contributed by atoms with van der Waals surface area (Å²) in [6.07, 6.45) is -11.0. The number of carbonyl (C=O) groups is 1. The molecule has 3 aromatic rings. The Bertz CT molecular complexity index is 1300. The van der Waals surface area contributed by atoms with Gasteiger partial charge in [0, 0.05) is 17.4 Å². The largest absolute Gasteiger partial charge is 0.475 e. The molecule has 5 N–H and O–H groups in total. The number of anilines is 1. The molecule has 3 aromatic heterocycles. The number of ether oxygens (including phenoxy) is 1. The van der Waals surface area contributed by atoms with E-state index in [4.69, 9.17) is 9.84 Å². The number of nitrogens with zero attached hydrogens (tertiary/aromatic N) is 4. The van der Waals surface area contributed by atoms with Gasteiger partial charge in [0.2, 0.25) is 5.88 Å². The maximum absolute atomic E-state index is 13.3. The number of hydrogen-bond acceptors (Lipinski definition) is 8. The second-order valence-corrected chi connectivity index (χ2v) is 7.97. The van der Waals surface area contributed by atoms with Gasteiger partial charge in [-0.3, -0.25) is 5.10 Å². The van der Waals surface area contributed by atoms with Gasteiger partial charge < -0.3 is 25.6 Å². The third kappa shape index (κ3) is 7.06. The van der Waals surface area contributed by atoms with Gasteiger partial charge in [0.25, 0.3) is 0 Å². The zero-order valence-corrected chi connectivity index (χ0v) is 19.7. The normalized spacial score (nSPS) is 12.8. The Kier molecular flexibility index (Phi) is 8.41. The van der Waals surface area contributed by atoms with E-state index in [1.165, 1.54) is 19.9 Å². The number of aromatic nitrogens is 5. The molecule has 0 fully saturated rings. The lowest BCUT2D eigenvalue weighted by atomic mass is 10.0. The average molecular weight is 549 g/mol. The Hall–Kier alpha value is -3.99. The zero-order valence-electron chi connectivity index (χ0n) is 19.7. The molecule has 0 aliphatic rings. The molecule has 11 nitrogen and oxygen atoms in total. The lowest BCUT2D eigenvalue weighted by Crippen LogP contribution is -2.29. The second-order valence-electron chi connectivity index (χ2n) is 7.97. The van der Waals surface area contributed by atoms with Gasteiger partial charge in [-0.25, -0.2) is 9.78 Å². The quantitative estimate of drug-likeness (QED) is 0.268. The molecule has 2 amide bonds. The van der Waals surface area contributed by atoms with Crippen LogP contribution >= 0.6 is 0 Å². The van der Waals surface area contributed by atoms with E-state index in [-0.39, 0.29) is 34.9 Å². The number of nitrogens with one attached hydrogen (secondary N) is 3. The number of alkyl halides is 6. The molecule has 17 heteroatoms. The van der Waals surface area contributed by atoms with Gasteiger partial charge >= 0.3 is 18.4 Å². The van der Waals surface area contributed by atoms with E-state index in [0.717, 1.165) is 6.07 Å². The number of aliphatic hydroxyl groups is 2. The van der Waals surface area contributed by atoms with E-state index in [9.17, 15) is 36.2 Å². The van der Waals surface area contributed by atoms with Gasteiger partial charge in [0.1, 0.15) is 12.7 Å². The van der Waals surface area contributed by atoms with Gasteiger partial charge in [-0.05, 0) is 31.5 Å². The van der Waals surface area contributed by atoms with Gasteiger partial charge in [-0.15, -0.1) is 5.10 Å². The van der Waals surface area contributed by atoms with Crippen LogP contribution in [-0.4, -0.2) is 60.9 Å². The maximum atomic E-state index is 13.3. The fourth-order valence-corrected chi connectivity index (χ4v) is 3.17. The summed E-state index contributed by atoms with van der Waals surface area (Å²) in [6.45, 7) is 1.38. The van der Waals surface area contributed by atoms with Crippen LogP contribution in [0.5, 0.6) is 5.88 Å².